The van der Waals surface area contributed by atoms with E-state index in [0.29, 0.717) is 5.02 Å². The van der Waals surface area contributed by atoms with E-state index in [1.54, 1.807) is 0 Å². The summed E-state index contributed by atoms with van der Waals surface area (Å²) in [6.45, 7) is 0. The summed E-state index contributed by atoms with van der Waals surface area (Å²) in [5.41, 5.74) is 0. The van der Waals surface area contributed by atoms with Crippen LogP contribution in [0.1, 0.15) is 0 Å². The van der Waals surface area contributed by atoms with Crippen LogP contribution in [0.5, 0.6) is 11.5 Å². The number of halogens is 5. The first-order valence-electron chi connectivity index (χ1n) is 4.75. The fourth-order valence-electron chi connectivity index (χ4n) is 1.30. The molecule has 6 heteroatoms. The third-order valence-electron chi connectivity index (χ3n) is 2.09. The molecule has 0 N–H and O–H groups in total. The van der Waals surface area contributed by atoms with Gasteiger partial charge in [0.05, 0.1) is 10.0 Å². The Bertz CT molecular complexity index is 581. The quantitative estimate of drug-likeness (QED) is 0.594. The smallest absolute Gasteiger partial charge is 0.181 e. The molecule has 0 radical (unpaired) electrons. The van der Waals surface area contributed by atoms with Crippen molar-refractivity contribution in [3.05, 3.63) is 56.2 Å². The molecule has 18 heavy (non-hydrogen) atoms. The van der Waals surface area contributed by atoms with Gasteiger partial charge in [0.2, 0.25) is 0 Å². The molecule has 1 nitrogen and oxygen atoms in total. The number of hydrogen-bond acceptors (Lipinski definition) is 1. The van der Waals surface area contributed by atoms with Crippen LogP contribution in [-0.4, -0.2) is 0 Å². The van der Waals surface area contributed by atoms with Crippen molar-refractivity contribution >= 4 is 46.4 Å². The fraction of sp³-hybridized carbons (Fsp3) is 0. The summed E-state index contributed by atoms with van der Waals surface area (Å²) in [5, 5.41) is 0.807. The molecule has 0 unspecified atom stereocenters. The lowest BCUT2D eigenvalue weighted by atomic mass is 10.3. The van der Waals surface area contributed by atoms with Gasteiger partial charge in [-0.3, -0.25) is 0 Å². The van der Waals surface area contributed by atoms with Crippen LogP contribution in [0.15, 0.2) is 30.3 Å². The largest absolute Gasteiger partial charge is 0.451 e. The minimum Gasteiger partial charge on any atom is -0.451 e. The standard InChI is InChI=1S/C12H5Cl4FO/c13-6-4-8(15)11(16)10(5-6)18-12-7(14)2-1-3-9(12)17/h1-5H. The highest BCUT2D eigenvalue weighted by atomic mass is 35.5. The van der Waals surface area contributed by atoms with Crippen LogP contribution in [-0.2, 0) is 0 Å². The molecular weight excluding hydrogens is 321 g/mol. The van der Waals surface area contributed by atoms with E-state index in [0.717, 1.165) is 0 Å². The molecule has 0 aliphatic rings. The molecule has 0 atom stereocenters. The van der Waals surface area contributed by atoms with Crippen molar-refractivity contribution in [1.29, 1.82) is 0 Å². The predicted octanol–water partition coefficient (Wildman–Crippen LogP) is 6.23. The number of hydrogen-bond donors (Lipinski definition) is 0. The van der Waals surface area contributed by atoms with Gasteiger partial charge >= 0.3 is 0 Å². The van der Waals surface area contributed by atoms with Crippen LogP contribution in [0.4, 0.5) is 4.39 Å². The summed E-state index contributed by atoms with van der Waals surface area (Å²) < 4.78 is 18.9. The second-order valence-electron chi connectivity index (χ2n) is 3.35. The van der Waals surface area contributed by atoms with Gasteiger partial charge in [-0.1, -0.05) is 52.5 Å². The molecule has 0 aliphatic heterocycles. The van der Waals surface area contributed by atoms with E-state index in [-0.39, 0.29) is 26.6 Å². The molecule has 0 saturated carbocycles. The Hall–Kier alpha value is -0.670. The zero-order chi connectivity index (χ0) is 13.3. The lowest BCUT2D eigenvalue weighted by molar-refractivity contribution is 0.443. The van der Waals surface area contributed by atoms with Crippen LogP contribution in [0.2, 0.25) is 20.1 Å². The van der Waals surface area contributed by atoms with Crippen molar-refractivity contribution in [3.63, 3.8) is 0 Å². The fourth-order valence-corrected chi connectivity index (χ4v) is 2.12. The van der Waals surface area contributed by atoms with Gasteiger partial charge in [0.15, 0.2) is 11.6 Å². The monoisotopic (exact) mass is 324 g/mol. The number of para-hydroxylation sites is 1. The molecule has 2 aromatic rings. The number of rotatable bonds is 2. The minimum absolute atomic E-state index is 0.126. The van der Waals surface area contributed by atoms with Gasteiger partial charge in [0, 0.05) is 11.1 Å². The highest BCUT2D eigenvalue weighted by molar-refractivity contribution is 6.44. The molecule has 0 aliphatic carbocycles. The van der Waals surface area contributed by atoms with Crippen LogP contribution in [0.3, 0.4) is 0 Å². The number of ether oxygens (including phenoxy) is 1. The maximum Gasteiger partial charge on any atom is 0.181 e. The second-order valence-corrected chi connectivity index (χ2v) is 4.98. The van der Waals surface area contributed by atoms with Crippen LogP contribution in [0, 0.1) is 5.82 Å². The molecule has 0 heterocycles. The summed E-state index contributed by atoms with van der Waals surface area (Å²) in [7, 11) is 0. The third kappa shape index (κ3) is 2.83. The Morgan fingerprint density at radius 2 is 1.67 bits per heavy atom. The van der Waals surface area contributed by atoms with Gasteiger partial charge in [0.1, 0.15) is 10.8 Å². The highest BCUT2D eigenvalue weighted by Crippen LogP contribution is 2.40. The normalized spacial score (nSPS) is 10.5. The summed E-state index contributed by atoms with van der Waals surface area (Å²) in [5.74, 6) is -0.588. The summed E-state index contributed by atoms with van der Waals surface area (Å²) >= 11 is 23.4. The molecule has 0 aromatic heterocycles. The molecule has 2 rings (SSSR count). The van der Waals surface area contributed by atoms with Crippen LogP contribution < -0.4 is 4.74 Å². The van der Waals surface area contributed by atoms with Gasteiger partial charge in [-0.25, -0.2) is 4.39 Å². The SMILES string of the molecule is Fc1cccc(Cl)c1Oc1cc(Cl)cc(Cl)c1Cl. The van der Waals surface area contributed by atoms with Crippen molar-refractivity contribution in [2.75, 3.05) is 0 Å². The summed E-state index contributed by atoms with van der Waals surface area (Å²) in [6, 6.07) is 7.08. The van der Waals surface area contributed by atoms with Crippen molar-refractivity contribution < 1.29 is 9.13 Å². The van der Waals surface area contributed by atoms with Gasteiger partial charge in [0.25, 0.3) is 0 Å². The molecule has 0 fully saturated rings. The Labute approximate surface area is 123 Å². The first-order valence-corrected chi connectivity index (χ1v) is 6.26. The maximum atomic E-state index is 13.6. The van der Waals surface area contributed by atoms with Crippen molar-refractivity contribution in [1.82, 2.24) is 0 Å². The predicted molar refractivity (Wildman–Crippen MR) is 73.0 cm³/mol. The molecule has 0 saturated heterocycles. The van der Waals surface area contributed by atoms with Crippen molar-refractivity contribution in [3.8, 4) is 11.5 Å². The molecule has 94 valence electrons. The Morgan fingerprint density at radius 1 is 0.944 bits per heavy atom. The van der Waals surface area contributed by atoms with E-state index >= 15 is 0 Å². The maximum absolute atomic E-state index is 13.6. The zero-order valence-electron chi connectivity index (χ0n) is 8.68. The summed E-state index contributed by atoms with van der Waals surface area (Å²) in [4.78, 5) is 0. The number of benzene rings is 2. The topological polar surface area (TPSA) is 9.23 Å². The Morgan fingerprint density at radius 3 is 2.33 bits per heavy atom. The molecular formula is C12H5Cl4FO. The first-order chi connectivity index (χ1) is 8.49. The van der Waals surface area contributed by atoms with Gasteiger partial charge in [-0.2, -0.15) is 0 Å². The van der Waals surface area contributed by atoms with Gasteiger partial charge in [-0.15, -0.1) is 0 Å². The van der Waals surface area contributed by atoms with E-state index < -0.39 is 5.82 Å². The van der Waals surface area contributed by atoms with E-state index in [4.69, 9.17) is 51.1 Å². The van der Waals surface area contributed by atoms with Crippen molar-refractivity contribution in [2.45, 2.75) is 0 Å². The molecule has 0 amide bonds. The second kappa shape index (κ2) is 5.54. The van der Waals surface area contributed by atoms with E-state index in [1.165, 1.54) is 30.3 Å². The van der Waals surface area contributed by atoms with Crippen LogP contribution >= 0.6 is 46.4 Å². The lowest BCUT2D eigenvalue weighted by Gasteiger charge is -2.11. The minimum atomic E-state index is -0.602. The van der Waals surface area contributed by atoms with E-state index in [9.17, 15) is 4.39 Å². The van der Waals surface area contributed by atoms with E-state index in [1.807, 2.05) is 0 Å². The Balaban J connectivity index is 2.46. The molecule has 0 bridgehead atoms. The Kier molecular flexibility index (Phi) is 4.23. The third-order valence-corrected chi connectivity index (χ3v) is 3.39. The first kappa shape index (κ1) is 13.8. The summed E-state index contributed by atoms with van der Waals surface area (Å²) in [6.07, 6.45) is 0. The molecule has 2 aromatic carbocycles. The van der Waals surface area contributed by atoms with Crippen molar-refractivity contribution in [2.24, 2.45) is 0 Å². The van der Waals surface area contributed by atoms with Gasteiger partial charge < -0.3 is 4.74 Å². The zero-order valence-corrected chi connectivity index (χ0v) is 11.7. The van der Waals surface area contributed by atoms with E-state index in [2.05, 4.69) is 0 Å². The van der Waals surface area contributed by atoms with Crippen LogP contribution in [0.25, 0.3) is 0 Å². The molecule has 0 spiro atoms. The van der Waals surface area contributed by atoms with Gasteiger partial charge in [-0.05, 0) is 18.2 Å². The average molecular weight is 326 g/mol. The highest BCUT2D eigenvalue weighted by Gasteiger charge is 2.14. The lowest BCUT2D eigenvalue weighted by Crippen LogP contribution is -1.90. The average Bonchev–Trinajstić information content (AvgIpc) is 2.30.